The van der Waals surface area contributed by atoms with Crippen LogP contribution in [0.2, 0.25) is 0 Å². The second-order valence-corrected chi connectivity index (χ2v) is 7.78. The van der Waals surface area contributed by atoms with Crippen LogP contribution in [0.15, 0.2) is 47.5 Å². The Morgan fingerprint density at radius 2 is 1.81 bits per heavy atom. The summed E-state index contributed by atoms with van der Waals surface area (Å²) >= 11 is 0. The monoisotopic (exact) mass is 377 g/mol. The minimum absolute atomic E-state index is 0.190. The van der Waals surface area contributed by atoms with Crippen molar-refractivity contribution in [2.75, 3.05) is 25.0 Å². The smallest absolute Gasteiger partial charge is 0.355 e. The molecule has 26 heavy (non-hydrogen) atoms. The first-order chi connectivity index (χ1) is 12.5. The highest BCUT2D eigenvalue weighted by atomic mass is 32.2. The number of ether oxygens (including phenoxy) is 1. The van der Waals surface area contributed by atoms with E-state index in [0.717, 1.165) is 12.8 Å². The first kappa shape index (κ1) is 18.2. The quantitative estimate of drug-likeness (QED) is 0.743. The van der Waals surface area contributed by atoms with Gasteiger partial charge in [-0.1, -0.05) is 0 Å². The van der Waals surface area contributed by atoms with Crippen molar-refractivity contribution >= 4 is 27.6 Å². The zero-order chi connectivity index (χ0) is 18.6. The normalized spacial score (nSPS) is 14.9. The second kappa shape index (κ2) is 7.71. The molecule has 1 aromatic heterocycles. The summed E-state index contributed by atoms with van der Waals surface area (Å²) in [6.45, 7) is 0.631. The lowest BCUT2D eigenvalue weighted by atomic mass is 10.3. The molecule has 2 aromatic rings. The van der Waals surface area contributed by atoms with Gasteiger partial charge in [-0.05, 0) is 49.2 Å². The Bertz CT molecular complexity index is 870. The molecule has 0 atom stereocenters. The molecule has 0 bridgehead atoms. The highest BCUT2D eigenvalue weighted by molar-refractivity contribution is 7.89. The second-order valence-electron chi connectivity index (χ2n) is 5.84. The third-order valence-corrected chi connectivity index (χ3v) is 5.91. The number of aromatic amines is 1. The van der Waals surface area contributed by atoms with Gasteiger partial charge >= 0.3 is 5.97 Å². The van der Waals surface area contributed by atoms with E-state index >= 15 is 0 Å². The summed E-state index contributed by atoms with van der Waals surface area (Å²) in [5.74, 6) is -1.14. The first-order valence-corrected chi connectivity index (χ1v) is 9.61. The van der Waals surface area contributed by atoms with Crippen molar-refractivity contribution < 1.29 is 22.7 Å². The number of anilines is 1. The van der Waals surface area contributed by atoms with Gasteiger partial charge in [0.1, 0.15) is 5.69 Å². The summed E-state index contributed by atoms with van der Waals surface area (Å²) < 4.78 is 31.2. The molecule has 3 rings (SSSR count). The number of esters is 1. The molecule has 2 N–H and O–H groups in total. The van der Waals surface area contributed by atoms with E-state index in [-0.39, 0.29) is 10.6 Å². The number of aromatic nitrogens is 1. The molecule has 138 valence electrons. The Morgan fingerprint density at radius 1 is 1.12 bits per heavy atom. The Kier molecular flexibility index (Phi) is 5.38. The van der Waals surface area contributed by atoms with Crippen LogP contribution in [-0.2, 0) is 19.6 Å². The molecule has 1 aliphatic heterocycles. The van der Waals surface area contributed by atoms with Crippen LogP contribution in [0, 0.1) is 0 Å². The van der Waals surface area contributed by atoms with Gasteiger partial charge < -0.3 is 15.0 Å². The fraction of sp³-hybridized carbons (Fsp3) is 0.294. The summed E-state index contributed by atoms with van der Waals surface area (Å²) in [5, 5.41) is 2.56. The summed E-state index contributed by atoms with van der Waals surface area (Å²) in [6.07, 6.45) is 3.32. The number of benzene rings is 1. The van der Waals surface area contributed by atoms with Crippen LogP contribution in [0.5, 0.6) is 0 Å². The third-order valence-electron chi connectivity index (χ3n) is 3.99. The van der Waals surface area contributed by atoms with Crippen LogP contribution in [0.3, 0.4) is 0 Å². The maximum Gasteiger partial charge on any atom is 0.355 e. The molecule has 9 heteroatoms. The van der Waals surface area contributed by atoms with Gasteiger partial charge in [0.25, 0.3) is 5.91 Å². The van der Waals surface area contributed by atoms with E-state index in [2.05, 4.69) is 10.3 Å². The molecule has 1 fully saturated rings. The molecule has 2 heterocycles. The molecule has 1 amide bonds. The molecule has 0 spiro atoms. The average molecular weight is 377 g/mol. The van der Waals surface area contributed by atoms with Gasteiger partial charge in [0.05, 0.1) is 4.90 Å². The highest BCUT2D eigenvalue weighted by Crippen LogP contribution is 2.22. The Balaban J connectivity index is 1.55. The Labute approximate surface area is 151 Å². The number of nitrogens with zero attached hydrogens (tertiary/aromatic N) is 1. The number of carbonyl (C=O) groups is 2. The predicted molar refractivity (Wildman–Crippen MR) is 94.1 cm³/mol. The minimum Gasteiger partial charge on any atom is -0.451 e. The minimum atomic E-state index is -3.48. The number of H-pyrrole nitrogens is 1. The van der Waals surface area contributed by atoms with Gasteiger partial charge in [-0.15, -0.1) is 0 Å². The lowest BCUT2D eigenvalue weighted by molar-refractivity contribution is -0.119. The van der Waals surface area contributed by atoms with E-state index in [1.54, 1.807) is 18.3 Å². The summed E-state index contributed by atoms with van der Waals surface area (Å²) in [5.41, 5.74) is 0.681. The van der Waals surface area contributed by atoms with E-state index in [9.17, 15) is 18.0 Å². The highest BCUT2D eigenvalue weighted by Gasteiger charge is 2.26. The van der Waals surface area contributed by atoms with Crippen LogP contribution < -0.4 is 5.32 Å². The van der Waals surface area contributed by atoms with Crippen molar-refractivity contribution in [3.63, 3.8) is 0 Å². The molecule has 1 aliphatic rings. The molecule has 0 saturated carbocycles. The standard InChI is InChI=1S/C17H19N3O5S/c21-16(12-25-17(22)15-4-3-9-18-15)19-13-5-7-14(8-6-13)26(23,24)20-10-1-2-11-20/h3-9,18H,1-2,10-12H2,(H,19,21). The first-order valence-electron chi connectivity index (χ1n) is 8.17. The SMILES string of the molecule is O=C(COC(=O)c1ccc[nH]1)Nc1ccc(S(=O)(=O)N2CCCC2)cc1. The lowest BCUT2D eigenvalue weighted by Crippen LogP contribution is -2.27. The van der Waals surface area contributed by atoms with Gasteiger partial charge in [0.2, 0.25) is 10.0 Å². The number of hydrogen-bond donors (Lipinski definition) is 2. The number of sulfonamides is 1. The van der Waals surface area contributed by atoms with Crippen molar-refractivity contribution in [2.24, 2.45) is 0 Å². The van der Waals surface area contributed by atoms with Crippen molar-refractivity contribution in [1.82, 2.24) is 9.29 Å². The Morgan fingerprint density at radius 3 is 2.42 bits per heavy atom. The zero-order valence-electron chi connectivity index (χ0n) is 14.0. The average Bonchev–Trinajstić information content (AvgIpc) is 3.33. The molecular weight excluding hydrogens is 358 g/mol. The fourth-order valence-corrected chi connectivity index (χ4v) is 4.17. The van der Waals surface area contributed by atoms with Crippen LogP contribution in [-0.4, -0.2) is 49.3 Å². The van der Waals surface area contributed by atoms with Crippen molar-refractivity contribution in [3.05, 3.63) is 48.3 Å². The molecule has 1 aromatic carbocycles. The molecule has 0 unspecified atom stereocenters. The third kappa shape index (κ3) is 4.12. The van der Waals surface area contributed by atoms with E-state index in [1.807, 2.05) is 0 Å². The molecule has 8 nitrogen and oxygen atoms in total. The van der Waals surface area contributed by atoms with Gasteiger partial charge in [-0.3, -0.25) is 4.79 Å². The largest absolute Gasteiger partial charge is 0.451 e. The maximum absolute atomic E-state index is 12.4. The molecule has 0 radical (unpaired) electrons. The Hall–Kier alpha value is -2.65. The number of rotatable bonds is 6. The maximum atomic E-state index is 12.4. The summed E-state index contributed by atoms with van der Waals surface area (Å²) in [6, 6.07) is 9.11. The van der Waals surface area contributed by atoms with Crippen LogP contribution >= 0.6 is 0 Å². The molecule has 0 aliphatic carbocycles. The van der Waals surface area contributed by atoms with Gasteiger partial charge in [-0.2, -0.15) is 4.31 Å². The topological polar surface area (TPSA) is 109 Å². The van der Waals surface area contributed by atoms with Crippen molar-refractivity contribution in [3.8, 4) is 0 Å². The number of amides is 1. The van der Waals surface area contributed by atoms with Gasteiger partial charge in [-0.25, -0.2) is 13.2 Å². The number of carbonyl (C=O) groups excluding carboxylic acids is 2. The van der Waals surface area contributed by atoms with E-state index in [1.165, 1.54) is 28.6 Å². The fourth-order valence-electron chi connectivity index (χ4n) is 2.65. The predicted octanol–water partition coefficient (Wildman–Crippen LogP) is 1.59. The summed E-state index contributed by atoms with van der Waals surface area (Å²) in [4.78, 5) is 26.4. The van der Waals surface area contributed by atoms with E-state index in [4.69, 9.17) is 4.74 Å². The van der Waals surface area contributed by atoms with E-state index in [0.29, 0.717) is 18.8 Å². The molecule has 1 saturated heterocycles. The lowest BCUT2D eigenvalue weighted by Gasteiger charge is -2.15. The van der Waals surface area contributed by atoms with Gasteiger partial charge in [0.15, 0.2) is 6.61 Å². The van der Waals surface area contributed by atoms with Crippen molar-refractivity contribution in [1.29, 1.82) is 0 Å². The van der Waals surface area contributed by atoms with Gasteiger partial charge in [0, 0.05) is 25.0 Å². The van der Waals surface area contributed by atoms with E-state index < -0.39 is 28.5 Å². The molecular formula is C17H19N3O5S. The van der Waals surface area contributed by atoms with Crippen LogP contribution in [0.4, 0.5) is 5.69 Å². The summed E-state index contributed by atoms with van der Waals surface area (Å²) in [7, 11) is -3.48. The number of nitrogens with one attached hydrogen (secondary N) is 2. The van der Waals surface area contributed by atoms with Crippen molar-refractivity contribution in [2.45, 2.75) is 17.7 Å². The zero-order valence-corrected chi connectivity index (χ0v) is 14.8. The van der Waals surface area contributed by atoms with Crippen LogP contribution in [0.1, 0.15) is 23.3 Å². The number of hydrogen-bond acceptors (Lipinski definition) is 5. The van der Waals surface area contributed by atoms with Crippen LogP contribution in [0.25, 0.3) is 0 Å².